The summed E-state index contributed by atoms with van der Waals surface area (Å²) in [6, 6.07) is 0. The fourth-order valence-corrected chi connectivity index (χ4v) is 2.61. The predicted octanol–water partition coefficient (Wildman–Crippen LogP) is 1.59. The lowest BCUT2D eigenvalue weighted by Crippen LogP contribution is -2.47. The Balaban J connectivity index is 2.51. The van der Waals surface area contributed by atoms with Crippen molar-refractivity contribution in [3.05, 3.63) is 0 Å². The zero-order chi connectivity index (χ0) is 14.6. The Labute approximate surface area is 116 Å². The van der Waals surface area contributed by atoms with Crippen molar-refractivity contribution in [2.45, 2.75) is 52.2 Å². The zero-order valence-corrected chi connectivity index (χ0v) is 12.6. The Morgan fingerprint density at radius 1 is 1.53 bits per heavy atom. The van der Waals surface area contributed by atoms with Crippen LogP contribution in [0.5, 0.6) is 0 Å². The highest BCUT2D eigenvalue weighted by molar-refractivity contribution is 5.68. The maximum Gasteiger partial charge on any atom is 0.410 e. The normalized spacial score (nSPS) is 26.1. The minimum atomic E-state index is -0.462. The van der Waals surface area contributed by atoms with Gasteiger partial charge in [0.1, 0.15) is 5.60 Å². The average Bonchev–Trinajstić information content (AvgIpc) is 2.26. The van der Waals surface area contributed by atoms with E-state index in [0.717, 1.165) is 6.42 Å². The Morgan fingerprint density at radius 2 is 2.16 bits per heavy atom. The molecule has 3 atom stereocenters. The van der Waals surface area contributed by atoms with E-state index < -0.39 is 5.60 Å². The van der Waals surface area contributed by atoms with Crippen molar-refractivity contribution in [1.29, 1.82) is 0 Å². The van der Waals surface area contributed by atoms with Crippen molar-refractivity contribution >= 4 is 6.09 Å². The van der Waals surface area contributed by atoms with Gasteiger partial charge in [-0.15, -0.1) is 0 Å². The Kier molecular flexibility index (Phi) is 5.62. The third kappa shape index (κ3) is 4.99. The van der Waals surface area contributed by atoms with Crippen LogP contribution in [0, 0.1) is 11.8 Å². The van der Waals surface area contributed by atoms with Crippen molar-refractivity contribution in [2.75, 3.05) is 19.6 Å². The van der Waals surface area contributed by atoms with Gasteiger partial charge in [0, 0.05) is 13.1 Å². The van der Waals surface area contributed by atoms with E-state index in [1.165, 1.54) is 0 Å². The minimum absolute atomic E-state index is 0.224. The molecule has 1 amide bonds. The fourth-order valence-electron chi connectivity index (χ4n) is 2.61. The molecule has 5 heteroatoms. The molecule has 5 nitrogen and oxygen atoms in total. The van der Waals surface area contributed by atoms with E-state index in [2.05, 4.69) is 6.92 Å². The van der Waals surface area contributed by atoms with Crippen LogP contribution in [0.25, 0.3) is 0 Å². The van der Waals surface area contributed by atoms with Gasteiger partial charge >= 0.3 is 6.09 Å². The highest BCUT2D eigenvalue weighted by atomic mass is 16.6. The summed E-state index contributed by atoms with van der Waals surface area (Å²) in [6.07, 6.45) is 0.815. The van der Waals surface area contributed by atoms with Gasteiger partial charge in [0.2, 0.25) is 0 Å². The van der Waals surface area contributed by atoms with Gasteiger partial charge in [-0.3, -0.25) is 0 Å². The third-order valence-electron chi connectivity index (χ3n) is 3.58. The van der Waals surface area contributed by atoms with Crippen molar-refractivity contribution in [3.63, 3.8) is 0 Å². The van der Waals surface area contributed by atoms with Crippen molar-refractivity contribution < 1.29 is 14.6 Å². The van der Waals surface area contributed by atoms with Gasteiger partial charge < -0.3 is 20.5 Å². The number of ether oxygens (including phenoxy) is 1. The van der Waals surface area contributed by atoms with E-state index in [1.54, 1.807) is 4.90 Å². The second-order valence-corrected chi connectivity index (χ2v) is 6.50. The highest BCUT2D eigenvalue weighted by Gasteiger charge is 2.34. The topological polar surface area (TPSA) is 75.8 Å². The number of carbonyl (C=O) groups excluding carboxylic acids is 1. The molecule has 1 aliphatic heterocycles. The number of aliphatic hydroxyl groups excluding tert-OH is 1. The average molecular weight is 272 g/mol. The molecule has 0 aliphatic carbocycles. The monoisotopic (exact) mass is 272 g/mol. The highest BCUT2D eigenvalue weighted by Crippen LogP contribution is 2.28. The summed E-state index contributed by atoms with van der Waals surface area (Å²) in [5, 5.41) is 10.0. The van der Waals surface area contributed by atoms with Gasteiger partial charge in [-0.25, -0.2) is 4.79 Å². The quantitative estimate of drug-likeness (QED) is 0.818. The molecule has 0 aromatic carbocycles. The third-order valence-corrected chi connectivity index (χ3v) is 3.58. The van der Waals surface area contributed by atoms with Gasteiger partial charge in [-0.2, -0.15) is 0 Å². The number of carbonyl (C=O) groups is 1. The molecule has 1 aliphatic rings. The molecular weight excluding hydrogens is 244 g/mol. The SMILES string of the molecule is CC1CN(C(=O)OC(C)(C)C)CCC1C(O)CCN. The lowest BCUT2D eigenvalue weighted by Gasteiger charge is -2.39. The summed E-state index contributed by atoms with van der Waals surface area (Å²) in [5.41, 5.74) is 5.02. The summed E-state index contributed by atoms with van der Waals surface area (Å²) >= 11 is 0. The molecule has 0 radical (unpaired) electrons. The van der Waals surface area contributed by atoms with Crippen LogP contribution in [-0.4, -0.2) is 47.4 Å². The Morgan fingerprint density at radius 3 is 2.63 bits per heavy atom. The Hall–Kier alpha value is -0.810. The molecule has 1 fully saturated rings. The summed E-state index contributed by atoms with van der Waals surface area (Å²) < 4.78 is 5.37. The lowest BCUT2D eigenvalue weighted by atomic mass is 9.82. The van der Waals surface area contributed by atoms with E-state index in [1.807, 2.05) is 20.8 Å². The second kappa shape index (κ2) is 6.57. The maximum atomic E-state index is 12.0. The van der Waals surface area contributed by atoms with E-state index in [-0.39, 0.29) is 24.0 Å². The number of nitrogens with zero attached hydrogens (tertiary/aromatic N) is 1. The van der Waals surface area contributed by atoms with E-state index in [9.17, 15) is 9.90 Å². The predicted molar refractivity (Wildman–Crippen MR) is 74.8 cm³/mol. The second-order valence-electron chi connectivity index (χ2n) is 6.50. The van der Waals surface area contributed by atoms with E-state index in [0.29, 0.717) is 26.1 Å². The van der Waals surface area contributed by atoms with Crippen molar-refractivity contribution in [1.82, 2.24) is 4.90 Å². The molecular formula is C14H28N2O3. The number of aliphatic hydroxyl groups is 1. The van der Waals surface area contributed by atoms with E-state index >= 15 is 0 Å². The number of rotatable bonds is 3. The molecule has 0 saturated carbocycles. The van der Waals surface area contributed by atoms with Crippen LogP contribution in [0.1, 0.15) is 40.5 Å². The maximum absolute atomic E-state index is 12.0. The summed E-state index contributed by atoms with van der Waals surface area (Å²) in [7, 11) is 0. The van der Waals surface area contributed by atoms with Gasteiger partial charge in [0.15, 0.2) is 0 Å². The first-order chi connectivity index (χ1) is 8.74. The molecule has 0 spiro atoms. The molecule has 1 heterocycles. The molecule has 1 rings (SSSR count). The molecule has 112 valence electrons. The number of hydrogen-bond acceptors (Lipinski definition) is 4. The summed E-state index contributed by atoms with van der Waals surface area (Å²) in [5.74, 6) is 0.491. The molecule has 1 saturated heterocycles. The molecule has 3 N–H and O–H groups in total. The molecule has 3 unspecified atom stereocenters. The zero-order valence-electron chi connectivity index (χ0n) is 12.6. The van der Waals surface area contributed by atoms with Crippen LogP contribution in [0.2, 0.25) is 0 Å². The molecule has 0 bridgehead atoms. The van der Waals surface area contributed by atoms with Crippen LogP contribution in [0.4, 0.5) is 4.79 Å². The van der Waals surface area contributed by atoms with Gasteiger partial charge in [0.25, 0.3) is 0 Å². The van der Waals surface area contributed by atoms with Gasteiger partial charge in [-0.1, -0.05) is 6.92 Å². The van der Waals surface area contributed by atoms with Crippen molar-refractivity contribution in [3.8, 4) is 0 Å². The fraction of sp³-hybridized carbons (Fsp3) is 0.929. The van der Waals surface area contributed by atoms with Crippen LogP contribution >= 0.6 is 0 Å². The number of hydrogen-bond donors (Lipinski definition) is 2. The van der Waals surface area contributed by atoms with Crippen LogP contribution in [-0.2, 0) is 4.74 Å². The summed E-state index contributed by atoms with van der Waals surface area (Å²) in [6.45, 7) is 9.46. The first kappa shape index (κ1) is 16.2. The van der Waals surface area contributed by atoms with Crippen LogP contribution in [0.15, 0.2) is 0 Å². The largest absolute Gasteiger partial charge is 0.444 e. The first-order valence-electron chi connectivity index (χ1n) is 7.10. The molecule has 0 aromatic heterocycles. The van der Waals surface area contributed by atoms with Crippen molar-refractivity contribution in [2.24, 2.45) is 17.6 Å². The van der Waals surface area contributed by atoms with E-state index in [4.69, 9.17) is 10.5 Å². The van der Waals surface area contributed by atoms with Gasteiger partial charge in [0.05, 0.1) is 6.10 Å². The standard InChI is InChI=1S/C14H28N2O3/c1-10-9-16(13(18)19-14(2,3)4)8-6-11(10)12(17)5-7-15/h10-12,17H,5-9,15H2,1-4H3. The lowest BCUT2D eigenvalue weighted by molar-refractivity contribution is -0.00858. The Bertz CT molecular complexity index is 302. The number of amides is 1. The van der Waals surface area contributed by atoms with Crippen LogP contribution in [0.3, 0.4) is 0 Å². The summed E-state index contributed by atoms with van der Waals surface area (Å²) in [4.78, 5) is 13.7. The molecule has 0 aromatic rings. The van der Waals surface area contributed by atoms with Crippen LogP contribution < -0.4 is 5.73 Å². The number of likely N-dealkylation sites (tertiary alicyclic amines) is 1. The number of nitrogens with two attached hydrogens (primary N) is 1. The number of piperidine rings is 1. The smallest absolute Gasteiger partial charge is 0.410 e. The minimum Gasteiger partial charge on any atom is -0.444 e. The molecule has 19 heavy (non-hydrogen) atoms. The van der Waals surface area contributed by atoms with Gasteiger partial charge in [-0.05, 0) is 52.0 Å². The first-order valence-corrected chi connectivity index (χ1v) is 7.10.